The van der Waals surface area contributed by atoms with E-state index in [0.29, 0.717) is 61.3 Å². The SMILES string of the molecule is CN(C1CC1)S(=O)(=O)Nc1ccc(F)c(C(=O)c2c[nH]c3ncc(-c4ccc(N5CCN(C(=O)OC(C)(C)C)CC5)cn4)cc23)c1F. The fraction of sp³-hybridized carbons (Fsp3) is 0.375. The summed E-state index contributed by atoms with van der Waals surface area (Å²) in [7, 11) is -2.74. The fourth-order valence-electron chi connectivity index (χ4n) is 5.37. The van der Waals surface area contributed by atoms with Crippen LogP contribution in [0.5, 0.6) is 0 Å². The molecule has 2 fully saturated rings. The molecule has 0 unspecified atom stereocenters. The Morgan fingerprint density at radius 3 is 2.40 bits per heavy atom. The van der Waals surface area contributed by atoms with Crippen molar-refractivity contribution in [3.8, 4) is 11.3 Å². The number of benzene rings is 1. The van der Waals surface area contributed by atoms with Gasteiger partial charge in [0.25, 0.3) is 0 Å². The summed E-state index contributed by atoms with van der Waals surface area (Å²) in [6.07, 6.45) is 5.64. The maximum atomic E-state index is 15.6. The number of amides is 1. The zero-order chi connectivity index (χ0) is 33.7. The van der Waals surface area contributed by atoms with Crippen LogP contribution in [0.25, 0.3) is 22.3 Å². The Balaban J connectivity index is 1.20. The summed E-state index contributed by atoms with van der Waals surface area (Å²) in [5.41, 5.74) is 0.293. The van der Waals surface area contributed by atoms with Gasteiger partial charge in [-0.05, 0) is 63.9 Å². The summed E-state index contributed by atoms with van der Waals surface area (Å²) in [4.78, 5) is 41.6. The predicted octanol–water partition coefficient (Wildman–Crippen LogP) is 4.94. The Morgan fingerprint density at radius 1 is 1.04 bits per heavy atom. The van der Waals surface area contributed by atoms with Crippen LogP contribution in [0.3, 0.4) is 0 Å². The van der Waals surface area contributed by atoms with Crippen molar-refractivity contribution < 1.29 is 31.5 Å². The number of rotatable bonds is 8. The molecule has 248 valence electrons. The molecule has 47 heavy (non-hydrogen) atoms. The number of fused-ring (bicyclic) bond motifs is 1. The van der Waals surface area contributed by atoms with E-state index in [9.17, 15) is 22.4 Å². The minimum Gasteiger partial charge on any atom is -0.444 e. The quantitative estimate of drug-likeness (QED) is 0.252. The van der Waals surface area contributed by atoms with Gasteiger partial charge in [0, 0.05) is 68.2 Å². The lowest BCUT2D eigenvalue weighted by molar-refractivity contribution is 0.0240. The van der Waals surface area contributed by atoms with Gasteiger partial charge in [-0.2, -0.15) is 12.7 Å². The number of pyridine rings is 2. The summed E-state index contributed by atoms with van der Waals surface area (Å²) < 4.78 is 64.6. The molecule has 1 amide bonds. The normalized spacial score (nSPS) is 15.7. The number of anilines is 2. The summed E-state index contributed by atoms with van der Waals surface area (Å²) in [5.74, 6) is -3.42. The first-order chi connectivity index (χ1) is 22.2. The average Bonchev–Trinajstić information content (AvgIpc) is 3.79. The third-order valence-electron chi connectivity index (χ3n) is 8.11. The molecule has 3 aromatic heterocycles. The molecule has 1 aliphatic carbocycles. The number of aromatic nitrogens is 3. The van der Waals surface area contributed by atoms with Crippen LogP contribution in [0.1, 0.15) is 49.5 Å². The van der Waals surface area contributed by atoms with E-state index in [1.165, 1.54) is 13.2 Å². The molecule has 2 N–H and O–H groups in total. The Kier molecular flexibility index (Phi) is 8.38. The predicted molar refractivity (Wildman–Crippen MR) is 172 cm³/mol. The number of aromatic amines is 1. The highest BCUT2D eigenvalue weighted by molar-refractivity contribution is 7.90. The van der Waals surface area contributed by atoms with Crippen molar-refractivity contribution >= 4 is 44.5 Å². The summed E-state index contributed by atoms with van der Waals surface area (Å²) in [6, 6.07) is 6.98. The van der Waals surface area contributed by atoms with Crippen molar-refractivity contribution in [3.63, 3.8) is 0 Å². The van der Waals surface area contributed by atoms with Gasteiger partial charge in [0.15, 0.2) is 5.82 Å². The Bertz CT molecular complexity index is 1950. The number of carbonyl (C=O) groups is 2. The number of ketones is 1. The first kappa shape index (κ1) is 32.3. The molecule has 0 atom stereocenters. The Hall–Kier alpha value is -4.63. The van der Waals surface area contributed by atoms with E-state index < -0.39 is 44.5 Å². The highest BCUT2D eigenvalue weighted by Gasteiger charge is 2.35. The maximum Gasteiger partial charge on any atom is 0.410 e. The number of piperazine rings is 1. The van der Waals surface area contributed by atoms with Gasteiger partial charge in [-0.1, -0.05) is 0 Å². The van der Waals surface area contributed by atoms with E-state index in [2.05, 4.69) is 24.6 Å². The van der Waals surface area contributed by atoms with Gasteiger partial charge in [0.1, 0.15) is 17.1 Å². The van der Waals surface area contributed by atoms with Crippen molar-refractivity contribution in [1.29, 1.82) is 0 Å². The first-order valence-corrected chi connectivity index (χ1v) is 16.6. The highest BCUT2D eigenvalue weighted by Crippen LogP contribution is 2.32. The standard InChI is InChI=1S/C32H35F2N7O5S/c1-32(2,3)46-31(43)41-13-11-40(12-14-41)21-7-9-25(35-17-21)19-15-22-23(18-37-30(22)36-16-19)29(42)27-24(33)8-10-26(28(27)34)38-47(44,45)39(4)20-5-6-20/h7-10,15-18,20,38H,5-6,11-14H2,1-4H3,(H,36,37). The highest BCUT2D eigenvalue weighted by atomic mass is 32.2. The van der Waals surface area contributed by atoms with Crippen molar-refractivity contribution in [2.24, 2.45) is 0 Å². The topological polar surface area (TPSA) is 141 Å². The molecule has 0 radical (unpaired) electrons. The van der Waals surface area contributed by atoms with E-state index in [4.69, 9.17) is 4.74 Å². The number of nitrogens with zero attached hydrogens (tertiary/aromatic N) is 5. The zero-order valence-corrected chi connectivity index (χ0v) is 27.2. The van der Waals surface area contributed by atoms with Gasteiger partial charge in [-0.25, -0.2) is 18.6 Å². The molecule has 2 aliphatic rings. The molecule has 1 saturated carbocycles. The van der Waals surface area contributed by atoms with Crippen molar-refractivity contribution in [2.75, 3.05) is 42.8 Å². The molecule has 1 saturated heterocycles. The molecule has 1 aromatic carbocycles. The third-order valence-corrected chi connectivity index (χ3v) is 9.65. The number of halogens is 2. The van der Waals surface area contributed by atoms with Gasteiger partial charge >= 0.3 is 16.3 Å². The average molecular weight is 668 g/mol. The van der Waals surface area contributed by atoms with Crippen LogP contribution in [0, 0.1) is 11.6 Å². The van der Waals surface area contributed by atoms with Crippen LogP contribution in [0.2, 0.25) is 0 Å². The van der Waals surface area contributed by atoms with Crippen LogP contribution >= 0.6 is 0 Å². The Labute approximate surface area is 270 Å². The molecule has 4 aromatic rings. The second kappa shape index (κ2) is 12.2. The van der Waals surface area contributed by atoms with Crippen molar-refractivity contribution in [3.05, 3.63) is 71.7 Å². The third kappa shape index (κ3) is 6.76. The van der Waals surface area contributed by atoms with Gasteiger partial charge < -0.3 is 19.5 Å². The maximum absolute atomic E-state index is 15.6. The number of carbonyl (C=O) groups excluding carboxylic acids is 2. The minimum atomic E-state index is -4.11. The van der Waals surface area contributed by atoms with E-state index >= 15 is 4.39 Å². The summed E-state index contributed by atoms with van der Waals surface area (Å²) in [6.45, 7) is 7.73. The summed E-state index contributed by atoms with van der Waals surface area (Å²) >= 11 is 0. The monoisotopic (exact) mass is 667 g/mol. The number of ether oxygens (including phenoxy) is 1. The van der Waals surface area contributed by atoms with E-state index in [1.807, 2.05) is 26.8 Å². The molecular formula is C32H35F2N7O5S. The molecule has 0 spiro atoms. The molecule has 12 nitrogen and oxygen atoms in total. The first-order valence-electron chi connectivity index (χ1n) is 15.2. The van der Waals surface area contributed by atoms with E-state index in [-0.39, 0.29) is 17.7 Å². The van der Waals surface area contributed by atoms with Crippen LogP contribution in [0.4, 0.5) is 25.0 Å². The second-order valence-electron chi connectivity index (χ2n) is 12.6. The largest absolute Gasteiger partial charge is 0.444 e. The summed E-state index contributed by atoms with van der Waals surface area (Å²) in [5, 5.41) is 0.315. The van der Waals surface area contributed by atoms with Gasteiger partial charge in [-0.3, -0.25) is 14.5 Å². The fourth-order valence-corrected chi connectivity index (χ4v) is 6.55. The molecule has 0 bridgehead atoms. The Morgan fingerprint density at radius 2 is 1.77 bits per heavy atom. The number of hydrogen-bond donors (Lipinski definition) is 2. The smallest absolute Gasteiger partial charge is 0.410 e. The molecule has 1 aliphatic heterocycles. The number of H-pyrrole nitrogens is 1. The van der Waals surface area contributed by atoms with Gasteiger partial charge in [0.05, 0.1) is 28.8 Å². The van der Waals surface area contributed by atoms with E-state index in [0.717, 1.165) is 22.1 Å². The van der Waals surface area contributed by atoms with Crippen molar-refractivity contribution in [2.45, 2.75) is 45.3 Å². The van der Waals surface area contributed by atoms with Crippen LogP contribution in [0.15, 0.2) is 48.9 Å². The lowest BCUT2D eigenvalue weighted by atomic mass is 10.0. The zero-order valence-electron chi connectivity index (χ0n) is 26.4. The van der Waals surface area contributed by atoms with Crippen LogP contribution in [-0.4, -0.2) is 89.3 Å². The molecule has 4 heterocycles. The molecule has 15 heteroatoms. The molecule has 6 rings (SSSR count). The lowest BCUT2D eigenvalue weighted by Gasteiger charge is -2.36. The van der Waals surface area contributed by atoms with Crippen LogP contribution in [-0.2, 0) is 14.9 Å². The van der Waals surface area contributed by atoms with Crippen molar-refractivity contribution in [1.82, 2.24) is 24.2 Å². The number of hydrogen-bond acceptors (Lipinski definition) is 8. The van der Waals surface area contributed by atoms with Gasteiger partial charge in [0.2, 0.25) is 5.78 Å². The van der Waals surface area contributed by atoms with E-state index in [1.54, 1.807) is 29.4 Å². The minimum absolute atomic E-state index is 0.0401. The number of nitrogens with one attached hydrogen (secondary N) is 2. The second-order valence-corrected chi connectivity index (χ2v) is 14.4. The van der Waals surface area contributed by atoms with Gasteiger partial charge in [-0.15, -0.1) is 0 Å². The lowest BCUT2D eigenvalue weighted by Crippen LogP contribution is -2.50. The van der Waals surface area contributed by atoms with Crippen LogP contribution < -0.4 is 9.62 Å². The molecular weight excluding hydrogens is 632 g/mol.